The number of nitrogens with zero attached hydrogens (tertiary/aromatic N) is 4. The number of nitrogens with one attached hydrogen (secondary N) is 1. The van der Waals surface area contributed by atoms with Crippen molar-refractivity contribution in [3.63, 3.8) is 0 Å². The lowest BCUT2D eigenvalue weighted by Crippen LogP contribution is -2.50. The largest absolute Gasteiger partial charge is 0.352 e. The summed E-state index contributed by atoms with van der Waals surface area (Å²) in [5.41, 5.74) is 3.58. The van der Waals surface area contributed by atoms with Crippen LogP contribution in [0.5, 0.6) is 0 Å². The van der Waals surface area contributed by atoms with Crippen molar-refractivity contribution in [1.29, 1.82) is 0 Å². The average Bonchev–Trinajstić information content (AvgIpc) is 3.21. The Morgan fingerprint density at radius 3 is 2.76 bits per heavy atom. The second kappa shape index (κ2) is 9.90. The van der Waals surface area contributed by atoms with Crippen molar-refractivity contribution in [2.45, 2.75) is 59.3 Å². The van der Waals surface area contributed by atoms with E-state index >= 15 is 0 Å². The van der Waals surface area contributed by atoms with Gasteiger partial charge >= 0.3 is 6.03 Å². The van der Waals surface area contributed by atoms with E-state index in [0.29, 0.717) is 13.1 Å². The summed E-state index contributed by atoms with van der Waals surface area (Å²) in [4.78, 5) is 29.9. The van der Waals surface area contributed by atoms with Crippen LogP contribution in [0.25, 0.3) is 10.2 Å². The third-order valence-electron chi connectivity index (χ3n) is 7.11. The number of rotatable bonds is 5. The van der Waals surface area contributed by atoms with Crippen LogP contribution in [0.3, 0.4) is 0 Å². The highest BCUT2D eigenvalue weighted by Crippen LogP contribution is 2.41. The monoisotopic (exact) mass is 477 g/mol. The summed E-state index contributed by atoms with van der Waals surface area (Å²) in [5, 5.41) is 4.36. The van der Waals surface area contributed by atoms with E-state index < -0.39 is 0 Å². The highest BCUT2D eigenvalue weighted by atomic mass is 32.1. The molecule has 1 N–H and O–H groups in total. The Morgan fingerprint density at radius 1 is 1.18 bits per heavy atom. The number of benzene rings is 1. The van der Waals surface area contributed by atoms with Gasteiger partial charge in [-0.05, 0) is 61.3 Å². The summed E-state index contributed by atoms with van der Waals surface area (Å²) in [6.07, 6.45) is 6.43. The first-order valence-corrected chi connectivity index (χ1v) is 13.6. The zero-order valence-corrected chi connectivity index (χ0v) is 21.4. The molecule has 1 fully saturated rings. The third-order valence-corrected chi connectivity index (χ3v) is 8.26. The number of urea groups is 1. The molecule has 0 radical (unpaired) electrons. The highest BCUT2D eigenvalue weighted by molar-refractivity contribution is 7.19. The van der Waals surface area contributed by atoms with Gasteiger partial charge in [0.05, 0.1) is 5.39 Å². The van der Waals surface area contributed by atoms with E-state index in [-0.39, 0.29) is 6.03 Å². The molecule has 5 rings (SSSR count). The standard InChI is InChI=1S/C27H35N5OS/c1-4-7-23-29-25(24-21-11-10-18(3)16-22(21)34-26(24)30-23)31-12-14-32(15-13-31)27(33)28-20-9-6-8-19(5-2)17-20/h6,8-9,17-18H,4-5,7,10-16H2,1-3H3,(H,28,33). The van der Waals surface area contributed by atoms with Crippen LogP contribution in [-0.4, -0.2) is 47.1 Å². The highest BCUT2D eigenvalue weighted by Gasteiger charge is 2.28. The summed E-state index contributed by atoms with van der Waals surface area (Å²) in [7, 11) is 0. The first kappa shape index (κ1) is 23.1. The summed E-state index contributed by atoms with van der Waals surface area (Å²) < 4.78 is 0. The first-order chi connectivity index (χ1) is 16.6. The number of aryl methyl sites for hydroxylation is 3. The zero-order valence-electron chi connectivity index (χ0n) is 20.6. The van der Waals surface area contributed by atoms with Crippen molar-refractivity contribution >= 4 is 39.1 Å². The molecular formula is C27H35N5OS. The van der Waals surface area contributed by atoms with Crippen molar-refractivity contribution in [2.75, 3.05) is 36.4 Å². The number of anilines is 2. The van der Waals surface area contributed by atoms with Gasteiger partial charge < -0.3 is 15.1 Å². The van der Waals surface area contributed by atoms with Gasteiger partial charge in [-0.1, -0.05) is 32.9 Å². The maximum Gasteiger partial charge on any atom is 0.321 e. The number of carbonyl (C=O) groups is 1. The maximum atomic E-state index is 12.9. The number of fused-ring (bicyclic) bond motifs is 3. The topological polar surface area (TPSA) is 61.4 Å². The predicted octanol–water partition coefficient (Wildman–Crippen LogP) is 5.69. The van der Waals surface area contributed by atoms with E-state index in [1.807, 2.05) is 28.4 Å². The lowest BCUT2D eigenvalue weighted by molar-refractivity contribution is 0.208. The smallest absolute Gasteiger partial charge is 0.321 e. The van der Waals surface area contributed by atoms with E-state index in [1.165, 1.54) is 27.8 Å². The van der Waals surface area contributed by atoms with E-state index in [9.17, 15) is 4.79 Å². The lowest BCUT2D eigenvalue weighted by atomic mass is 9.89. The summed E-state index contributed by atoms with van der Waals surface area (Å²) in [6, 6.07) is 8.09. The maximum absolute atomic E-state index is 12.9. The van der Waals surface area contributed by atoms with E-state index in [1.54, 1.807) is 0 Å². The SMILES string of the molecule is CCCc1nc(N2CCN(C(=O)Nc3cccc(CC)c3)CC2)c2c3c(sc2n1)CC(C)CC3. The Balaban J connectivity index is 1.35. The van der Waals surface area contributed by atoms with Crippen molar-refractivity contribution in [1.82, 2.24) is 14.9 Å². The molecule has 1 aliphatic heterocycles. The number of carbonyl (C=O) groups excluding carboxylic acids is 1. The molecule has 1 atom stereocenters. The number of amides is 2. The molecule has 180 valence electrons. The molecule has 1 saturated heterocycles. The van der Waals surface area contributed by atoms with Crippen LogP contribution in [-0.2, 0) is 25.7 Å². The fraction of sp³-hybridized carbons (Fsp3) is 0.519. The minimum atomic E-state index is -0.0192. The Hall–Kier alpha value is -2.67. The van der Waals surface area contributed by atoms with Crippen LogP contribution >= 0.6 is 11.3 Å². The van der Waals surface area contributed by atoms with Crippen LogP contribution in [0.2, 0.25) is 0 Å². The van der Waals surface area contributed by atoms with Gasteiger partial charge in [0.25, 0.3) is 0 Å². The molecule has 3 aromatic rings. The van der Waals surface area contributed by atoms with Gasteiger partial charge in [0.15, 0.2) is 0 Å². The fourth-order valence-corrected chi connectivity index (χ4v) is 6.52. The van der Waals surface area contributed by atoms with Gasteiger partial charge in [-0.2, -0.15) is 0 Å². The molecule has 1 unspecified atom stereocenters. The molecule has 1 aliphatic carbocycles. The van der Waals surface area contributed by atoms with Crippen molar-refractivity contribution in [2.24, 2.45) is 5.92 Å². The van der Waals surface area contributed by atoms with Gasteiger partial charge in [-0.25, -0.2) is 14.8 Å². The molecule has 0 saturated carbocycles. The molecule has 2 aliphatic rings. The van der Waals surface area contributed by atoms with Gasteiger partial charge in [0.1, 0.15) is 16.5 Å². The van der Waals surface area contributed by atoms with Crippen LogP contribution in [0.4, 0.5) is 16.3 Å². The molecular weight excluding hydrogens is 442 g/mol. The third kappa shape index (κ3) is 4.63. The molecule has 2 amide bonds. The summed E-state index contributed by atoms with van der Waals surface area (Å²) >= 11 is 1.88. The average molecular weight is 478 g/mol. The van der Waals surface area contributed by atoms with Crippen molar-refractivity contribution < 1.29 is 4.79 Å². The predicted molar refractivity (Wildman–Crippen MR) is 141 cm³/mol. The summed E-state index contributed by atoms with van der Waals surface area (Å²) in [5.74, 6) is 2.79. The second-order valence-corrected chi connectivity index (χ2v) is 10.8. The number of piperazine rings is 1. The molecule has 34 heavy (non-hydrogen) atoms. The lowest BCUT2D eigenvalue weighted by Gasteiger charge is -2.36. The molecule has 3 heterocycles. The number of hydrogen-bond donors (Lipinski definition) is 1. The Morgan fingerprint density at radius 2 is 2.00 bits per heavy atom. The second-order valence-electron chi connectivity index (χ2n) is 9.70. The van der Waals surface area contributed by atoms with Gasteiger partial charge in [-0.3, -0.25) is 0 Å². The van der Waals surface area contributed by atoms with E-state index in [0.717, 1.165) is 73.3 Å². The number of aromatic nitrogens is 2. The Bertz CT molecular complexity index is 1180. The van der Waals surface area contributed by atoms with Crippen molar-refractivity contribution in [3.05, 3.63) is 46.1 Å². The van der Waals surface area contributed by atoms with Crippen LogP contribution in [0.15, 0.2) is 24.3 Å². The van der Waals surface area contributed by atoms with Crippen molar-refractivity contribution in [3.8, 4) is 0 Å². The Labute approximate surface area is 206 Å². The quantitative estimate of drug-likeness (QED) is 0.513. The van der Waals surface area contributed by atoms with Gasteiger partial charge in [-0.15, -0.1) is 11.3 Å². The minimum Gasteiger partial charge on any atom is -0.352 e. The molecule has 0 spiro atoms. The summed E-state index contributed by atoms with van der Waals surface area (Å²) in [6.45, 7) is 9.63. The molecule has 2 aromatic heterocycles. The Kier molecular flexibility index (Phi) is 6.73. The molecule has 6 nitrogen and oxygen atoms in total. The number of hydrogen-bond acceptors (Lipinski definition) is 5. The molecule has 7 heteroatoms. The van der Waals surface area contributed by atoms with Gasteiger partial charge in [0.2, 0.25) is 0 Å². The fourth-order valence-electron chi connectivity index (χ4n) is 5.12. The number of thiophene rings is 1. The molecule has 0 bridgehead atoms. The van der Waals surface area contributed by atoms with Gasteiger partial charge in [0, 0.05) is 43.2 Å². The van der Waals surface area contributed by atoms with Crippen LogP contribution < -0.4 is 10.2 Å². The first-order valence-electron chi connectivity index (χ1n) is 12.8. The normalized spacial score (nSPS) is 18.3. The van der Waals surface area contributed by atoms with E-state index in [4.69, 9.17) is 9.97 Å². The zero-order chi connectivity index (χ0) is 23.7. The van der Waals surface area contributed by atoms with Crippen LogP contribution in [0.1, 0.15) is 55.4 Å². The minimum absolute atomic E-state index is 0.0192. The van der Waals surface area contributed by atoms with Crippen LogP contribution in [0, 0.1) is 5.92 Å². The van der Waals surface area contributed by atoms with E-state index in [2.05, 4.69) is 43.1 Å². The molecule has 1 aromatic carbocycles.